The van der Waals surface area contributed by atoms with Gasteiger partial charge in [0.2, 0.25) is 0 Å². The Balaban J connectivity index is 2.08. The lowest BCUT2D eigenvalue weighted by molar-refractivity contribution is 0.868. The van der Waals surface area contributed by atoms with Gasteiger partial charge in [-0.2, -0.15) is 0 Å². The summed E-state index contributed by atoms with van der Waals surface area (Å²) in [4.78, 5) is 10.3. The van der Waals surface area contributed by atoms with Crippen molar-refractivity contribution in [2.75, 3.05) is 6.54 Å². The number of thioether (sulfide) groups is 1. The van der Waals surface area contributed by atoms with E-state index in [-0.39, 0.29) is 0 Å². The number of rotatable bonds is 5. The zero-order chi connectivity index (χ0) is 14.5. The molecule has 0 fully saturated rings. The molecule has 2 N–H and O–H groups in total. The minimum atomic E-state index is 0.629. The lowest BCUT2D eigenvalue weighted by Crippen LogP contribution is -2.10. The van der Waals surface area contributed by atoms with Crippen molar-refractivity contribution in [1.29, 1.82) is 0 Å². The fourth-order valence-corrected chi connectivity index (χ4v) is 2.94. The van der Waals surface area contributed by atoms with Crippen molar-refractivity contribution < 1.29 is 0 Å². The molecule has 0 unspecified atom stereocenters. The summed E-state index contributed by atoms with van der Waals surface area (Å²) in [7, 11) is 0. The van der Waals surface area contributed by atoms with E-state index < -0.39 is 0 Å². The Morgan fingerprint density at radius 1 is 1.10 bits per heavy atom. The van der Waals surface area contributed by atoms with Crippen molar-refractivity contribution in [2.24, 2.45) is 5.73 Å². The monoisotopic (exact) mass is 307 g/mol. The second-order valence-electron chi connectivity index (χ2n) is 4.57. The third-order valence-electron chi connectivity index (χ3n) is 3.04. The lowest BCUT2D eigenvalue weighted by atomic mass is 10.1. The van der Waals surface area contributed by atoms with Crippen LogP contribution in [0.4, 0.5) is 0 Å². The van der Waals surface area contributed by atoms with Crippen molar-refractivity contribution in [2.45, 2.75) is 30.9 Å². The number of aromatic nitrogens is 2. The normalized spacial score (nSPS) is 10.8. The molecule has 106 valence electrons. The van der Waals surface area contributed by atoms with Gasteiger partial charge in [0.1, 0.15) is 5.82 Å². The molecular weight excluding hydrogens is 290 g/mol. The quantitative estimate of drug-likeness (QED) is 0.858. The van der Waals surface area contributed by atoms with Crippen LogP contribution in [0.1, 0.15) is 22.8 Å². The highest BCUT2D eigenvalue weighted by molar-refractivity contribution is 7.98. The molecule has 0 saturated carbocycles. The van der Waals surface area contributed by atoms with Gasteiger partial charge >= 0.3 is 0 Å². The Morgan fingerprint density at radius 2 is 1.70 bits per heavy atom. The summed E-state index contributed by atoms with van der Waals surface area (Å²) in [6, 6.07) is 7.81. The molecule has 1 heterocycles. The number of benzene rings is 1. The van der Waals surface area contributed by atoms with Gasteiger partial charge in [-0.15, -0.1) is 11.8 Å². The maximum absolute atomic E-state index is 5.87. The zero-order valence-corrected chi connectivity index (χ0v) is 13.3. The Labute approximate surface area is 129 Å². The van der Waals surface area contributed by atoms with Crippen LogP contribution in [0.15, 0.2) is 29.2 Å². The van der Waals surface area contributed by atoms with Crippen molar-refractivity contribution in [3.8, 4) is 0 Å². The average molecular weight is 308 g/mol. The molecule has 0 aliphatic heterocycles. The molecule has 1 aromatic carbocycles. The van der Waals surface area contributed by atoms with Gasteiger partial charge in [-0.3, -0.25) is 0 Å². The highest BCUT2D eigenvalue weighted by atomic mass is 35.5. The van der Waals surface area contributed by atoms with Crippen LogP contribution >= 0.6 is 23.4 Å². The molecule has 0 saturated heterocycles. The molecule has 0 bridgehead atoms. The molecular formula is C15H18ClN3S. The summed E-state index contributed by atoms with van der Waals surface area (Å²) in [6.07, 6.45) is 0.836. The van der Waals surface area contributed by atoms with Gasteiger partial charge in [0.05, 0.1) is 5.75 Å². The highest BCUT2D eigenvalue weighted by Crippen LogP contribution is 2.23. The van der Waals surface area contributed by atoms with Gasteiger partial charge in [0.15, 0.2) is 0 Å². The number of hydrogen-bond donors (Lipinski definition) is 1. The first-order chi connectivity index (χ1) is 9.60. The molecule has 0 amide bonds. The third kappa shape index (κ3) is 3.95. The van der Waals surface area contributed by atoms with E-state index in [0.29, 0.717) is 6.54 Å². The molecule has 2 rings (SSSR count). The number of nitrogens with zero attached hydrogens (tertiary/aromatic N) is 2. The van der Waals surface area contributed by atoms with E-state index in [1.807, 2.05) is 38.1 Å². The second-order valence-corrected chi connectivity index (χ2v) is 6.06. The molecule has 20 heavy (non-hydrogen) atoms. The lowest BCUT2D eigenvalue weighted by Gasteiger charge is -2.10. The van der Waals surface area contributed by atoms with Crippen LogP contribution in [-0.4, -0.2) is 16.5 Å². The molecule has 2 aromatic rings. The van der Waals surface area contributed by atoms with Crippen molar-refractivity contribution in [1.82, 2.24) is 9.97 Å². The minimum absolute atomic E-state index is 0.629. The van der Waals surface area contributed by atoms with E-state index in [1.165, 1.54) is 10.5 Å². The Morgan fingerprint density at radius 3 is 2.25 bits per heavy atom. The molecule has 5 heteroatoms. The summed E-state index contributed by atoms with van der Waals surface area (Å²) in [6.45, 7) is 4.68. The fourth-order valence-electron chi connectivity index (χ4n) is 2.06. The molecule has 0 atom stereocenters. The van der Waals surface area contributed by atoms with Crippen molar-refractivity contribution >= 4 is 23.4 Å². The summed E-state index contributed by atoms with van der Waals surface area (Å²) in [5, 5.41) is 0.753. The smallest absolute Gasteiger partial charge is 0.139 e. The van der Waals surface area contributed by atoms with E-state index in [4.69, 9.17) is 17.3 Å². The van der Waals surface area contributed by atoms with Crippen LogP contribution in [0, 0.1) is 13.8 Å². The van der Waals surface area contributed by atoms with Crippen LogP contribution < -0.4 is 5.73 Å². The van der Waals surface area contributed by atoms with E-state index in [9.17, 15) is 0 Å². The topological polar surface area (TPSA) is 51.8 Å². The van der Waals surface area contributed by atoms with E-state index in [1.54, 1.807) is 11.8 Å². The Kier molecular flexibility index (Phi) is 5.40. The molecule has 0 spiro atoms. The first kappa shape index (κ1) is 15.3. The number of nitrogens with two attached hydrogens (primary N) is 1. The van der Waals surface area contributed by atoms with Crippen molar-refractivity contribution in [3.05, 3.63) is 52.1 Å². The maximum atomic E-state index is 5.87. The number of aryl methyl sites for hydroxylation is 2. The maximum Gasteiger partial charge on any atom is 0.139 e. The highest BCUT2D eigenvalue weighted by Gasteiger charge is 2.08. The molecule has 0 radical (unpaired) electrons. The first-order valence-corrected chi connectivity index (χ1v) is 7.88. The summed E-state index contributed by atoms with van der Waals surface area (Å²) < 4.78 is 0. The van der Waals surface area contributed by atoms with Crippen molar-refractivity contribution in [3.63, 3.8) is 0 Å². The van der Waals surface area contributed by atoms with E-state index in [0.717, 1.165) is 34.4 Å². The van der Waals surface area contributed by atoms with Crippen LogP contribution in [0.5, 0.6) is 0 Å². The van der Waals surface area contributed by atoms with Gasteiger partial charge in [-0.1, -0.05) is 11.6 Å². The summed E-state index contributed by atoms with van der Waals surface area (Å²) >= 11 is 7.58. The van der Waals surface area contributed by atoms with E-state index in [2.05, 4.69) is 9.97 Å². The molecule has 0 aliphatic rings. The average Bonchev–Trinajstić information content (AvgIpc) is 2.42. The predicted molar refractivity (Wildman–Crippen MR) is 85.3 cm³/mol. The predicted octanol–water partition coefficient (Wildman–Crippen LogP) is 3.54. The first-order valence-electron chi connectivity index (χ1n) is 6.51. The largest absolute Gasteiger partial charge is 0.330 e. The summed E-state index contributed by atoms with van der Waals surface area (Å²) in [5.41, 5.74) is 8.86. The van der Waals surface area contributed by atoms with Gasteiger partial charge in [0, 0.05) is 21.3 Å². The van der Waals surface area contributed by atoms with Gasteiger partial charge < -0.3 is 5.73 Å². The number of hydrogen-bond acceptors (Lipinski definition) is 4. The zero-order valence-electron chi connectivity index (χ0n) is 11.7. The minimum Gasteiger partial charge on any atom is -0.330 e. The fraction of sp³-hybridized carbons (Fsp3) is 0.333. The second kappa shape index (κ2) is 7.07. The van der Waals surface area contributed by atoms with Crippen LogP contribution in [0.25, 0.3) is 0 Å². The Hall–Kier alpha value is -1.10. The number of halogens is 1. The van der Waals surface area contributed by atoms with Gasteiger partial charge in [-0.25, -0.2) is 9.97 Å². The standard InChI is InChI=1S/C15H18ClN3S/c1-10-14(7-8-17)11(2)19-15(18-10)9-20-13-5-3-12(16)4-6-13/h3-6H,7-9,17H2,1-2H3. The molecule has 0 aliphatic carbocycles. The van der Waals surface area contributed by atoms with Gasteiger partial charge in [-0.05, 0) is 56.6 Å². The SMILES string of the molecule is Cc1nc(CSc2ccc(Cl)cc2)nc(C)c1CCN. The van der Waals surface area contributed by atoms with Crippen LogP contribution in [0.3, 0.4) is 0 Å². The van der Waals surface area contributed by atoms with Crippen LogP contribution in [0.2, 0.25) is 5.02 Å². The van der Waals surface area contributed by atoms with E-state index >= 15 is 0 Å². The molecule has 1 aromatic heterocycles. The summed E-state index contributed by atoms with van der Waals surface area (Å²) in [5.74, 6) is 1.62. The van der Waals surface area contributed by atoms with Gasteiger partial charge in [0.25, 0.3) is 0 Å². The van der Waals surface area contributed by atoms with Crippen LogP contribution in [-0.2, 0) is 12.2 Å². The third-order valence-corrected chi connectivity index (χ3v) is 4.30. The molecule has 3 nitrogen and oxygen atoms in total. The Bertz CT molecular complexity index is 561.